The van der Waals surface area contributed by atoms with Gasteiger partial charge in [-0.25, -0.2) is 0 Å². The number of aromatic nitrogens is 3. The summed E-state index contributed by atoms with van der Waals surface area (Å²) in [5.74, 6) is 0.771. The number of likely N-dealkylation sites (tertiary alicyclic amines) is 1. The van der Waals surface area contributed by atoms with Gasteiger partial charge in [0, 0.05) is 37.1 Å². The highest BCUT2D eigenvalue weighted by atomic mass is 16.5. The van der Waals surface area contributed by atoms with Crippen LogP contribution in [0.25, 0.3) is 10.9 Å². The third kappa shape index (κ3) is 3.49. The van der Waals surface area contributed by atoms with Crippen LogP contribution in [0.4, 0.5) is 0 Å². The molecule has 5 rings (SSSR count). The van der Waals surface area contributed by atoms with E-state index in [4.69, 9.17) is 9.84 Å². The van der Waals surface area contributed by atoms with Gasteiger partial charge >= 0.3 is 0 Å². The number of nitrogens with one attached hydrogen (secondary N) is 1. The molecule has 29 heavy (non-hydrogen) atoms. The maximum atomic E-state index is 13.1. The number of methoxy groups -OCH3 is 1. The highest BCUT2D eigenvalue weighted by molar-refractivity contribution is 5.98. The van der Waals surface area contributed by atoms with Crippen LogP contribution in [-0.2, 0) is 19.6 Å². The van der Waals surface area contributed by atoms with Crippen LogP contribution in [0.15, 0.2) is 30.3 Å². The van der Waals surface area contributed by atoms with E-state index < -0.39 is 0 Å². The van der Waals surface area contributed by atoms with Crippen LogP contribution in [0.1, 0.15) is 28.3 Å². The van der Waals surface area contributed by atoms with Gasteiger partial charge in [-0.05, 0) is 36.8 Å². The van der Waals surface area contributed by atoms with Crippen molar-refractivity contribution in [2.75, 3.05) is 26.7 Å². The molecule has 1 atom stereocenters. The van der Waals surface area contributed by atoms with Crippen LogP contribution < -0.4 is 4.74 Å². The van der Waals surface area contributed by atoms with E-state index in [2.05, 4.69) is 16.0 Å². The number of hydrogen-bond acceptors (Lipinski definition) is 5. The maximum Gasteiger partial charge on any atom is 0.270 e. The molecule has 2 N–H and O–H groups in total. The molecule has 1 fully saturated rings. The number of amides is 1. The summed E-state index contributed by atoms with van der Waals surface area (Å²) in [6, 6.07) is 9.71. The first-order valence-corrected chi connectivity index (χ1v) is 10.0. The Morgan fingerprint density at radius 1 is 1.28 bits per heavy atom. The van der Waals surface area contributed by atoms with Crippen molar-refractivity contribution in [1.29, 1.82) is 0 Å². The van der Waals surface area contributed by atoms with E-state index in [0.717, 1.165) is 47.6 Å². The van der Waals surface area contributed by atoms with Crippen molar-refractivity contribution >= 4 is 16.8 Å². The fourth-order valence-electron chi connectivity index (χ4n) is 4.28. The Bertz CT molecular complexity index is 1060. The molecular formula is C21H25N5O3. The van der Waals surface area contributed by atoms with Crippen molar-refractivity contribution in [3.63, 3.8) is 0 Å². The molecule has 3 aromatic rings. The van der Waals surface area contributed by atoms with Crippen molar-refractivity contribution in [1.82, 2.24) is 24.6 Å². The third-order valence-corrected chi connectivity index (χ3v) is 5.83. The lowest BCUT2D eigenvalue weighted by atomic mass is 10.2. The number of carbonyl (C=O) groups is 1. The Balaban J connectivity index is 1.30. The zero-order chi connectivity index (χ0) is 20.0. The number of aliphatic hydroxyl groups excluding tert-OH is 1. The Hall–Kier alpha value is -2.84. The molecule has 0 aliphatic carbocycles. The molecule has 0 spiro atoms. The molecule has 1 aromatic carbocycles. The Morgan fingerprint density at radius 2 is 2.17 bits per heavy atom. The quantitative estimate of drug-likeness (QED) is 0.701. The fourth-order valence-corrected chi connectivity index (χ4v) is 4.28. The summed E-state index contributed by atoms with van der Waals surface area (Å²) in [6.07, 6.45) is 0.600. The van der Waals surface area contributed by atoms with E-state index in [1.807, 2.05) is 33.8 Å². The summed E-state index contributed by atoms with van der Waals surface area (Å²) in [4.78, 5) is 20.4. The van der Waals surface area contributed by atoms with Crippen LogP contribution in [0, 0.1) is 0 Å². The summed E-state index contributed by atoms with van der Waals surface area (Å²) in [6.45, 7) is 4.23. The van der Waals surface area contributed by atoms with Gasteiger partial charge in [0.25, 0.3) is 5.91 Å². The molecule has 8 nitrogen and oxygen atoms in total. The molecule has 2 aromatic heterocycles. The van der Waals surface area contributed by atoms with Crippen LogP contribution in [0.3, 0.4) is 0 Å². The highest BCUT2D eigenvalue weighted by Gasteiger charge is 2.26. The van der Waals surface area contributed by atoms with Crippen LogP contribution in [-0.4, -0.2) is 68.4 Å². The number of fused-ring (bicyclic) bond motifs is 2. The van der Waals surface area contributed by atoms with Crippen molar-refractivity contribution in [2.24, 2.45) is 0 Å². The topological polar surface area (TPSA) is 86.6 Å². The van der Waals surface area contributed by atoms with Gasteiger partial charge in [0.15, 0.2) is 0 Å². The monoisotopic (exact) mass is 395 g/mol. The van der Waals surface area contributed by atoms with Gasteiger partial charge in [0.05, 0.1) is 37.7 Å². The smallest absolute Gasteiger partial charge is 0.270 e. The minimum absolute atomic E-state index is 0.00293. The number of rotatable bonds is 4. The van der Waals surface area contributed by atoms with Gasteiger partial charge in [-0.3, -0.25) is 14.4 Å². The van der Waals surface area contributed by atoms with Crippen molar-refractivity contribution in [2.45, 2.75) is 32.2 Å². The Morgan fingerprint density at radius 3 is 2.97 bits per heavy atom. The number of H-pyrrole nitrogens is 1. The average Bonchev–Trinajstić information content (AvgIpc) is 3.43. The lowest BCUT2D eigenvalue weighted by Crippen LogP contribution is -2.38. The number of β-amino-alcohol motifs (C(OH)–C–C–N with tert-alkyl or cyclic N) is 1. The second-order valence-electron chi connectivity index (χ2n) is 7.89. The third-order valence-electron chi connectivity index (χ3n) is 5.83. The minimum atomic E-state index is -0.225. The molecule has 152 valence electrons. The van der Waals surface area contributed by atoms with Gasteiger partial charge in [-0.15, -0.1) is 0 Å². The van der Waals surface area contributed by atoms with Crippen LogP contribution in [0.5, 0.6) is 5.75 Å². The normalized spacial score (nSPS) is 19.7. The largest absolute Gasteiger partial charge is 0.497 e. The number of hydrogen-bond donors (Lipinski definition) is 2. The molecule has 8 heteroatoms. The average molecular weight is 395 g/mol. The standard InChI is InChI=1S/C21H25N5O3/c1-29-18-2-3-19-14(8-18)9-20(22-19)21(28)25-6-7-26-16(12-25)10-15(23-26)11-24-5-4-17(27)13-24/h2-3,8-10,17,22,27H,4-7,11-13H2,1H3/t17-/m1/s1. The number of carbonyl (C=O) groups excluding carboxylic acids is 1. The summed E-state index contributed by atoms with van der Waals surface area (Å²) in [7, 11) is 1.64. The zero-order valence-electron chi connectivity index (χ0n) is 16.5. The summed E-state index contributed by atoms with van der Waals surface area (Å²) < 4.78 is 7.27. The molecule has 0 radical (unpaired) electrons. The first-order chi connectivity index (χ1) is 14.1. The second kappa shape index (κ2) is 7.20. The number of benzene rings is 1. The van der Waals surface area contributed by atoms with E-state index in [1.165, 1.54) is 0 Å². The van der Waals surface area contributed by atoms with Crippen LogP contribution in [0.2, 0.25) is 0 Å². The summed E-state index contributed by atoms with van der Waals surface area (Å²) >= 11 is 0. The molecule has 2 aliphatic rings. The number of ether oxygens (including phenoxy) is 1. The van der Waals surface area contributed by atoms with Crippen molar-refractivity contribution in [3.8, 4) is 5.75 Å². The lowest BCUT2D eigenvalue weighted by Gasteiger charge is -2.27. The van der Waals surface area contributed by atoms with Gasteiger partial charge in [-0.1, -0.05) is 0 Å². The van der Waals surface area contributed by atoms with E-state index in [9.17, 15) is 9.90 Å². The van der Waals surface area contributed by atoms with E-state index >= 15 is 0 Å². The Labute approximate surface area is 168 Å². The Kier molecular flexibility index (Phi) is 4.52. The molecule has 0 unspecified atom stereocenters. The first-order valence-electron chi connectivity index (χ1n) is 10.0. The predicted octanol–water partition coefficient (Wildman–Crippen LogP) is 1.60. The number of nitrogens with zero attached hydrogens (tertiary/aromatic N) is 4. The van der Waals surface area contributed by atoms with E-state index in [0.29, 0.717) is 31.9 Å². The summed E-state index contributed by atoms with van der Waals surface area (Å²) in [5, 5.41) is 15.4. The predicted molar refractivity (Wildman–Crippen MR) is 108 cm³/mol. The second-order valence-corrected chi connectivity index (χ2v) is 7.89. The lowest BCUT2D eigenvalue weighted by molar-refractivity contribution is 0.0701. The van der Waals surface area contributed by atoms with Crippen molar-refractivity contribution < 1.29 is 14.6 Å². The molecule has 0 saturated carbocycles. The van der Waals surface area contributed by atoms with Crippen molar-refractivity contribution in [3.05, 3.63) is 47.4 Å². The van der Waals surface area contributed by atoms with Gasteiger partial charge in [0.1, 0.15) is 11.4 Å². The zero-order valence-corrected chi connectivity index (χ0v) is 16.5. The first kappa shape index (κ1) is 18.2. The van der Waals surface area contributed by atoms with Crippen LogP contribution >= 0.6 is 0 Å². The van der Waals surface area contributed by atoms with E-state index in [1.54, 1.807) is 7.11 Å². The molecule has 1 amide bonds. The molecule has 2 aliphatic heterocycles. The van der Waals surface area contributed by atoms with Gasteiger partial charge in [0.2, 0.25) is 0 Å². The molecule has 0 bridgehead atoms. The molecule has 4 heterocycles. The van der Waals surface area contributed by atoms with Gasteiger partial charge < -0.3 is 19.7 Å². The minimum Gasteiger partial charge on any atom is -0.497 e. The molecule has 1 saturated heterocycles. The summed E-state index contributed by atoms with van der Waals surface area (Å²) in [5.41, 5.74) is 3.57. The number of aliphatic hydroxyl groups is 1. The highest BCUT2D eigenvalue weighted by Crippen LogP contribution is 2.24. The fraction of sp³-hybridized carbons (Fsp3) is 0.429. The molecular weight excluding hydrogens is 370 g/mol. The number of aromatic amines is 1. The van der Waals surface area contributed by atoms with E-state index in [-0.39, 0.29) is 12.0 Å². The SMILES string of the molecule is COc1ccc2[nH]c(C(=O)N3CCn4nc(CN5CC[C@@H](O)C5)cc4C3)cc2c1. The van der Waals surface area contributed by atoms with Gasteiger partial charge in [-0.2, -0.15) is 5.10 Å². The maximum absolute atomic E-state index is 13.1.